The Hall–Kier alpha value is -0.990. The van der Waals surface area contributed by atoms with Crippen molar-refractivity contribution in [2.75, 3.05) is 13.2 Å². The van der Waals surface area contributed by atoms with Gasteiger partial charge in [-0.05, 0) is 48.5 Å². The third-order valence-electron chi connectivity index (χ3n) is 4.74. The van der Waals surface area contributed by atoms with E-state index in [1.807, 2.05) is 0 Å². The molecule has 2 fully saturated rings. The predicted molar refractivity (Wildman–Crippen MR) is 98.9 cm³/mol. The van der Waals surface area contributed by atoms with Crippen molar-refractivity contribution in [1.82, 2.24) is 0 Å². The monoisotopic (exact) mass is 386 g/mol. The Labute approximate surface area is 161 Å². The standard InChI is InChI=1S/C20H34O7/c1-9-10-20(22,14-12-24-19(7,8)27-14)15(25-16(21)17(2,3)4)13-11-23-18(5,6)26-13/h9,13-15,22H,1,10-12H2,2-8H3/t13-,14-,15-,20-/m1/s1. The van der Waals surface area contributed by atoms with Gasteiger partial charge < -0.3 is 28.8 Å². The molecule has 156 valence electrons. The molecule has 0 saturated carbocycles. The van der Waals surface area contributed by atoms with Gasteiger partial charge in [0, 0.05) is 6.42 Å². The lowest BCUT2D eigenvalue weighted by Gasteiger charge is -2.41. The first-order chi connectivity index (χ1) is 12.2. The summed E-state index contributed by atoms with van der Waals surface area (Å²) in [7, 11) is 0. The van der Waals surface area contributed by atoms with E-state index >= 15 is 0 Å². The summed E-state index contributed by atoms with van der Waals surface area (Å²) >= 11 is 0. The van der Waals surface area contributed by atoms with Crippen LogP contribution in [0.15, 0.2) is 12.7 Å². The summed E-state index contributed by atoms with van der Waals surface area (Å²) in [6.07, 6.45) is -0.654. The molecule has 7 nitrogen and oxygen atoms in total. The summed E-state index contributed by atoms with van der Waals surface area (Å²) in [6, 6.07) is 0. The number of aliphatic hydroxyl groups is 1. The van der Waals surface area contributed by atoms with E-state index in [0.717, 1.165) is 0 Å². The highest BCUT2D eigenvalue weighted by molar-refractivity contribution is 5.75. The van der Waals surface area contributed by atoms with E-state index in [1.165, 1.54) is 0 Å². The predicted octanol–water partition coefficient (Wildman–Crippen LogP) is 2.55. The van der Waals surface area contributed by atoms with Gasteiger partial charge in [0.2, 0.25) is 0 Å². The van der Waals surface area contributed by atoms with Gasteiger partial charge >= 0.3 is 5.97 Å². The molecule has 0 aromatic heterocycles. The number of carbonyl (C=O) groups excluding carboxylic acids is 1. The van der Waals surface area contributed by atoms with Crippen molar-refractivity contribution < 1.29 is 33.6 Å². The summed E-state index contributed by atoms with van der Waals surface area (Å²) in [5, 5.41) is 11.7. The van der Waals surface area contributed by atoms with Gasteiger partial charge in [0.1, 0.15) is 17.8 Å². The first-order valence-corrected chi connectivity index (χ1v) is 9.38. The Kier molecular flexibility index (Phi) is 6.15. The van der Waals surface area contributed by atoms with Crippen molar-refractivity contribution in [2.45, 2.75) is 90.4 Å². The normalized spacial score (nSPS) is 30.5. The molecule has 1 N–H and O–H groups in total. The van der Waals surface area contributed by atoms with E-state index in [0.29, 0.717) is 0 Å². The SMILES string of the molecule is C=CC[C@](O)([C@H](OC(=O)C(C)(C)C)[C@H]1COC(C)(C)O1)[C@H]1COC(C)(C)O1. The zero-order valence-electron chi connectivity index (χ0n) is 17.5. The van der Waals surface area contributed by atoms with Crippen molar-refractivity contribution in [3.63, 3.8) is 0 Å². The van der Waals surface area contributed by atoms with E-state index in [-0.39, 0.29) is 19.6 Å². The van der Waals surface area contributed by atoms with Crippen LogP contribution in [0.3, 0.4) is 0 Å². The van der Waals surface area contributed by atoms with Crippen LogP contribution in [0.2, 0.25) is 0 Å². The second-order valence-electron chi connectivity index (χ2n) is 9.24. The maximum atomic E-state index is 12.7. The van der Waals surface area contributed by atoms with E-state index in [1.54, 1.807) is 54.5 Å². The topological polar surface area (TPSA) is 83.5 Å². The third kappa shape index (κ3) is 5.09. The average Bonchev–Trinajstić information content (AvgIpc) is 3.05. The van der Waals surface area contributed by atoms with Crippen molar-refractivity contribution >= 4 is 5.97 Å². The molecule has 0 aliphatic carbocycles. The molecule has 0 aromatic carbocycles. The van der Waals surface area contributed by atoms with Gasteiger partial charge in [0.25, 0.3) is 0 Å². The highest BCUT2D eigenvalue weighted by Crippen LogP contribution is 2.39. The molecule has 0 radical (unpaired) electrons. The minimum atomic E-state index is -1.58. The number of esters is 1. The van der Waals surface area contributed by atoms with Crippen LogP contribution >= 0.6 is 0 Å². The zero-order chi connectivity index (χ0) is 20.7. The van der Waals surface area contributed by atoms with Crippen molar-refractivity contribution in [2.24, 2.45) is 5.41 Å². The summed E-state index contributed by atoms with van der Waals surface area (Å²) < 4.78 is 29.0. The minimum absolute atomic E-state index is 0.138. The third-order valence-corrected chi connectivity index (χ3v) is 4.74. The van der Waals surface area contributed by atoms with Crippen molar-refractivity contribution in [3.05, 3.63) is 12.7 Å². The molecule has 2 heterocycles. The molecule has 0 spiro atoms. The van der Waals surface area contributed by atoms with Crippen LogP contribution in [0.25, 0.3) is 0 Å². The lowest BCUT2D eigenvalue weighted by Crippen LogP contribution is -2.60. The van der Waals surface area contributed by atoms with Crippen LogP contribution in [0.5, 0.6) is 0 Å². The second kappa shape index (κ2) is 7.44. The Balaban J connectivity index is 2.38. The fraction of sp³-hybridized carbons (Fsp3) is 0.850. The van der Waals surface area contributed by atoms with Crippen LogP contribution in [0.1, 0.15) is 54.9 Å². The molecule has 27 heavy (non-hydrogen) atoms. The molecule has 7 heteroatoms. The Morgan fingerprint density at radius 1 is 1.19 bits per heavy atom. The van der Waals surface area contributed by atoms with Gasteiger partial charge in [-0.1, -0.05) is 6.08 Å². The lowest BCUT2D eigenvalue weighted by atomic mass is 9.83. The Bertz CT molecular complexity index is 563. The molecule has 0 unspecified atom stereocenters. The largest absolute Gasteiger partial charge is 0.456 e. The minimum Gasteiger partial charge on any atom is -0.456 e. The fourth-order valence-electron chi connectivity index (χ4n) is 3.25. The highest BCUT2D eigenvalue weighted by atomic mass is 16.8. The van der Waals surface area contributed by atoms with E-state index < -0.39 is 46.9 Å². The molecule has 0 aromatic rings. The van der Waals surface area contributed by atoms with Gasteiger partial charge in [-0.15, -0.1) is 6.58 Å². The quantitative estimate of drug-likeness (QED) is 0.555. The smallest absolute Gasteiger partial charge is 0.311 e. The van der Waals surface area contributed by atoms with Gasteiger partial charge in [-0.2, -0.15) is 0 Å². The molecule has 4 atom stereocenters. The molecule has 2 aliphatic heterocycles. The molecule has 0 amide bonds. The first-order valence-electron chi connectivity index (χ1n) is 9.38. The number of ether oxygens (including phenoxy) is 5. The highest BCUT2D eigenvalue weighted by Gasteiger charge is 2.57. The molecule has 2 rings (SSSR count). The average molecular weight is 386 g/mol. The fourth-order valence-corrected chi connectivity index (χ4v) is 3.25. The molecule has 2 saturated heterocycles. The molecular weight excluding hydrogens is 352 g/mol. The molecule has 2 aliphatic rings. The van der Waals surface area contributed by atoms with E-state index in [4.69, 9.17) is 23.7 Å². The van der Waals surface area contributed by atoms with Crippen molar-refractivity contribution in [3.8, 4) is 0 Å². The number of hydrogen-bond acceptors (Lipinski definition) is 7. The Morgan fingerprint density at radius 3 is 2.15 bits per heavy atom. The van der Waals surface area contributed by atoms with Crippen LogP contribution in [0, 0.1) is 5.41 Å². The van der Waals surface area contributed by atoms with Crippen LogP contribution in [-0.2, 0) is 28.5 Å². The summed E-state index contributed by atoms with van der Waals surface area (Å²) in [5.74, 6) is -2.12. The molecule has 0 bridgehead atoms. The Morgan fingerprint density at radius 2 is 1.74 bits per heavy atom. The number of rotatable bonds is 6. The summed E-state index contributed by atoms with van der Waals surface area (Å²) in [4.78, 5) is 12.7. The van der Waals surface area contributed by atoms with Gasteiger partial charge in [-0.3, -0.25) is 4.79 Å². The van der Waals surface area contributed by atoms with E-state index in [9.17, 15) is 9.90 Å². The lowest BCUT2D eigenvalue weighted by molar-refractivity contribution is -0.232. The maximum Gasteiger partial charge on any atom is 0.311 e. The van der Waals surface area contributed by atoms with Crippen molar-refractivity contribution in [1.29, 1.82) is 0 Å². The summed E-state index contributed by atoms with van der Waals surface area (Å²) in [5.41, 5.74) is -2.32. The molecular formula is C20H34O7. The van der Waals surface area contributed by atoms with Crippen LogP contribution in [0.4, 0.5) is 0 Å². The maximum absolute atomic E-state index is 12.7. The van der Waals surface area contributed by atoms with Gasteiger partial charge in [0.15, 0.2) is 17.7 Å². The van der Waals surface area contributed by atoms with Crippen LogP contribution < -0.4 is 0 Å². The number of carbonyl (C=O) groups is 1. The summed E-state index contributed by atoms with van der Waals surface area (Å²) in [6.45, 7) is 16.5. The zero-order valence-corrected chi connectivity index (χ0v) is 17.5. The second-order valence-corrected chi connectivity index (χ2v) is 9.24. The van der Waals surface area contributed by atoms with Crippen LogP contribution in [-0.4, -0.2) is 59.8 Å². The number of hydrogen-bond donors (Lipinski definition) is 1. The van der Waals surface area contributed by atoms with E-state index in [2.05, 4.69) is 6.58 Å². The first kappa shape index (κ1) is 22.3. The van der Waals surface area contributed by atoms with Gasteiger partial charge in [0.05, 0.1) is 18.6 Å². The van der Waals surface area contributed by atoms with Gasteiger partial charge in [-0.25, -0.2) is 0 Å².